The molecule has 1 saturated carbocycles. The molecule has 8 nitrogen and oxygen atoms in total. The molecule has 1 unspecified atom stereocenters. The number of aryl methyl sites for hydroxylation is 1. The van der Waals surface area contributed by atoms with E-state index in [1.807, 2.05) is 13.8 Å². The number of amides is 2. The lowest BCUT2D eigenvalue weighted by Gasteiger charge is -2.30. The van der Waals surface area contributed by atoms with Crippen molar-refractivity contribution < 1.29 is 22.4 Å². The van der Waals surface area contributed by atoms with Crippen molar-refractivity contribution in [2.45, 2.75) is 69.5 Å². The number of nitrogens with zero attached hydrogens (tertiary/aromatic N) is 1. The lowest BCUT2D eigenvalue weighted by molar-refractivity contribution is -0.141. The van der Waals surface area contributed by atoms with Crippen LogP contribution in [0.4, 0.5) is 0 Å². The summed E-state index contributed by atoms with van der Waals surface area (Å²) < 4.78 is 33.0. The topological polar surface area (TPSA) is 109 Å². The Balaban J connectivity index is 1.73. The Hall–Kier alpha value is -2.65. The van der Waals surface area contributed by atoms with E-state index < -0.39 is 28.5 Å². The van der Waals surface area contributed by atoms with Crippen LogP contribution in [0.1, 0.15) is 50.4 Å². The van der Waals surface area contributed by atoms with Gasteiger partial charge >= 0.3 is 0 Å². The van der Waals surface area contributed by atoms with Gasteiger partial charge in [0.05, 0.1) is 24.2 Å². The quantitative estimate of drug-likeness (QED) is 0.566. The van der Waals surface area contributed by atoms with E-state index in [0.29, 0.717) is 12.2 Å². The largest absolute Gasteiger partial charge is 0.467 e. The molecule has 2 N–H and O–H groups in total. The lowest BCUT2D eigenvalue weighted by atomic mass is 10.1. The molecule has 1 aliphatic carbocycles. The lowest BCUT2D eigenvalue weighted by Crippen LogP contribution is -2.52. The van der Waals surface area contributed by atoms with E-state index in [4.69, 9.17) is 4.42 Å². The smallest absolute Gasteiger partial charge is 0.243 e. The van der Waals surface area contributed by atoms with Crippen LogP contribution in [0.15, 0.2) is 52.0 Å². The summed E-state index contributed by atoms with van der Waals surface area (Å²) >= 11 is 0. The molecule has 1 aromatic carbocycles. The first-order valence-corrected chi connectivity index (χ1v) is 12.5. The molecule has 2 aromatic rings. The molecule has 174 valence electrons. The number of carbonyl (C=O) groups excluding carboxylic acids is 2. The molecule has 0 radical (unpaired) electrons. The number of furan rings is 1. The van der Waals surface area contributed by atoms with Gasteiger partial charge in [-0.1, -0.05) is 37.5 Å². The molecule has 1 fully saturated rings. The van der Waals surface area contributed by atoms with E-state index in [-0.39, 0.29) is 23.4 Å². The Labute approximate surface area is 189 Å². The monoisotopic (exact) mass is 461 g/mol. The zero-order valence-electron chi connectivity index (χ0n) is 18.5. The number of carbonyl (C=O) groups is 2. The Bertz CT molecular complexity index is 997. The maximum Gasteiger partial charge on any atom is 0.243 e. The van der Waals surface area contributed by atoms with Gasteiger partial charge in [-0.15, -0.1) is 0 Å². The molecule has 2 amide bonds. The van der Waals surface area contributed by atoms with Crippen LogP contribution < -0.4 is 10.0 Å². The van der Waals surface area contributed by atoms with E-state index in [1.54, 1.807) is 24.3 Å². The molecule has 0 bridgehead atoms. The van der Waals surface area contributed by atoms with Crippen molar-refractivity contribution in [3.8, 4) is 0 Å². The summed E-state index contributed by atoms with van der Waals surface area (Å²) in [7, 11) is -3.86. The van der Waals surface area contributed by atoms with Crippen LogP contribution in [-0.2, 0) is 26.2 Å². The summed E-state index contributed by atoms with van der Waals surface area (Å²) in [6.45, 7) is 3.32. The van der Waals surface area contributed by atoms with Crippen LogP contribution in [0.3, 0.4) is 0 Å². The average Bonchev–Trinajstić information content (AvgIpc) is 3.46. The molecule has 1 aromatic heterocycles. The molecular formula is C23H31N3O5S. The number of hydrogen-bond donors (Lipinski definition) is 2. The highest BCUT2D eigenvalue weighted by molar-refractivity contribution is 7.89. The van der Waals surface area contributed by atoms with Gasteiger partial charge in [0.15, 0.2) is 0 Å². The Morgan fingerprint density at radius 1 is 1.16 bits per heavy atom. The van der Waals surface area contributed by atoms with E-state index in [0.717, 1.165) is 31.2 Å². The van der Waals surface area contributed by atoms with Crippen molar-refractivity contribution in [1.82, 2.24) is 14.9 Å². The molecular weight excluding hydrogens is 430 g/mol. The summed E-state index contributed by atoms with van der Waals surface area (Å²) in [6.07, 6.45) is 5.93. The number of benzene rings is 1. The van der Waals surface area contributed by atoms with Crippen LogP contribution in [0.5, 0.6) is 0 Å². The van der Waals surface area contributed by atoms with E-state index in [9.17, 15) is 18.0 Å². The Morgan fingerprint density at radius 3 is 2.44 bits per heavy atom. The van der Waals surface area contributed by atoms with Crippen molar-refractivity contribution in [2.75, 3.05) is 6.54 Å². The van der Waals surface area contributed by atoms with E-state index in [1.165, 1.54) is 23.3 Å². The minimum Gasteiger partial charge on any atom is -0.467 e. The van der Waals surface area contributed by atoms with Crippen molar-refractivity contribution in [1.29, 1.82) is 0 Å². The fourth-order valence-electron chi connectivity index (χ4n) is 3.92. The number of hydrogen-bond acceptors (Lipinski definition) is 5. The first kappa shape index (κ1) is 24.0. The molecule has 32 heavy (non-hydrogen) atoms. The maximum absolute atomic E-state index is 13.1. The van der Waals surface area contributed by atoms with Gasteiger partial charge in [0, 0.05) is 6.04 Å². The highest BCUT2D eigenvalue weighted by Gasteiger charge is 2.31. The molecule has 0 spiro atoms. The summed E-state index contributed by atoms with van der Waals surface area (Å²) in [4.78, 5) is 27.6. The van der Waals surface area contributed by atoms with Gasteiger partial charge in [-0.2, -0.15) is 0 Å². The van der Waals surface area contributed by atoms with Gasteiger partial charge in [0.2, 0.25) is 21.8 Å². The predicted octanol–water partition coefficient (Wildman–Crippen LogP) is 2.73. The minimum atomic E-state index is -3.86. The molecule has 3 rings (SSSR count). The molecule has 0 aliphatic heterocycles. The van der Waals surface area contributed by atoms with Crippen LogP contribution in [0.2, 0.25) is 0 Å². The van der Waals surface area contributed by atoms with Crippen molar-refractivity contribution >= 4 is 21.8 Å². The van der Waals surface area contributed by atoms with Gasteiger partial charge in [-0.3, -0.25) is 9.59 Å². The number of nitrogens with one attached hydrogen (secondary N) is 2. The fraction of sp³-hybridized carbons (Fsp3) is 0.478. The van der Waals surface area contributed by atoms with E-state index >= 15 is 0 Å². The van der Waals surface area contributed by atoms with Gasteiger partial charge in [-0.25, -0.2) is 13.1 Å². The normalized spacial score (nSPS) is 15.4. The van der Waals surface area contributed by atoms with Crippen LogP contribution in [0.25, 0.3) is 0 Å². The molecule has 1 heterocycles. The molecule has 9 heteroatoms. The summed E-state index contributed by atoms with van der Waals surface area (Å²) in [5.74, 6) is -0.196. The highest BCUT2D eigenvalue weighted by Crippen LogP contribution is 2.19. The summed E-state index contributed by atoms with van der Waals surface area (Å²) in [5, 5.41) is 3.05. The Morgan fingerprint density at radius 2 is 1.84 bits per heavy atom. The zero-order chi connectivity index (χ0) is 23.1. The second-order valence-electron chi connectivity index (χ2n) is 8.15. The van der Waals surface area contributed by atoms with Crippen LogP contribution in [0, 0.1) is 6.92 Å². The second-order valence-corrected chi connectivity index (χ2v) is 9.92. The SMILES string of the molecule is CCC(C(=O)NC1CCCC1)N(Cc1ccco1)C(=O)CNS(=O)(=O)c1ccc(C)cc1. The van der Waals surface area contributed by atoms with Crippen molar-refractivity contribution in [3.63, 3.8) is 0 Å². The summed E-state index contributed by atoms with van der Waals surface area (Å²) in [6, 6.07) is 9.20. The third-order valence-corrected chi connectivity index (χ3v) is 7.16. The molecule has 0 saturated heterocycles. The van der Waals surface area contributed by atoms with Gasteiger partial charge in [0.25, 0.3) is 0 Å². The van der Waals surface area contributed by atoms with Crippen LogP contribution in [-0.4, -0.2) is 43.8 Å². The van der Waals surface area contributed by atoms with E-state index in [2.05, 4.69) is 10.0 Å². The van der Waals surface area contributed by atoms with Gasteiger partial charge in [0.1, 0.15) is 11.8 Å². The average molecular weight is 462 g/mol. The first-order valence-electron chi connectivity index (χ1n) is 11.0. The maximum atomic E-state index is 13.1. The highest BCUT2D eigenvalue weighted by atomic mass is 32.2. The van der Waals surface area contributed by atoms with Gasteiger partial charge in [-0.05, 0) is 50.5 Å². The third-order valence-electron chi connectivity index (χ3n) is 5.74. The third kappa shape index (κ3) is 6.20. The van der Waals surface area contributed by atoms with Crippen molar-refractivity contribution in [3.05, 3.63) is 54.0 Å². The minimum absolute atomic E-state index is 0.0781. The second kappa shape index (κ2) is 10.8. The molecule has 1 atom stereocenters. The van der Waals surface area contributed by atoms with Crippen molar-refractivity contribution in [2.24, 2.45) is 0 Å². The van der Waals surface area contributed by atoms with Crippen LogP contribution >= 0.6 is 0 Å². The molecule has 1 aliphatic rings. The van der Waals surface area contributed by atoms with Gasteiger partial charge < -0.3 is 14.6 Å². The fourth-order valence-corrected chi connectivity index (χ4v) is 4.89. The number of sulfonamides is 1. The standard InChI is InChI=1S/C23H31N3O5S/c1-3-21(23(28)25-18-7-4-5-8-18)26(16-19-9-6-14-31-19)22(27)15-24-32(29,30)20-12-10-17(2)11-13-20/h6,9-14,18,21,24H,3-5,7-8,15-16H2,1-2H3,(H,25,28). The summed E-state index contributed by atoms with van der Waals surface area (Å²) in [5.41, 5.74) is 0.934. The number of rotatable bonds is 10. The Kier molecular flexibility index (Phi) is 8.09. The zero-order valence-corrected chi connectivity index (χ0v) is 19.4. The predicted molar refractivity (Wildman–Crippen MR) is 120 cm³/mol. The first-order chi connectivity index (χ1) is 15.3.